The van der Waals surface area contributed by atoms with E-state index in [2.05, 4.69) is 4.98 Å². The Kier molecular flexibility index (Phi) is 6.50. The van der Waals surface area contributed by atoms with Crippen molar-refractivity contribution in [2.75, 3.05) is 6.61 Å². The second kappa shape index (κ2) is 9.70. The standard InChI is InChI=1S/C27H30N2O5/c1-19-15-29(26(31)28-24(19)30)25-22-13-8-14-27(34-25,18-32-16-20-9-4-2-5-10-20)23(22)33-17-21-11-6-3-7-12-21/h2-7,9-12,15,22-23,25H,8,13-14,16-18H2,1H3,(H,28,30,31)/t22-,23+,25-,27-/m1/s1. The lowest BCUT2D eigenvalue weighted by Crippen LogP contribution is -2.49. The Balaban J connectivity index is 1.42. The first-order chi connectivity index (χ1) is 16.6. The normalized spacial score (nSPS) is 26.0. The van der Waals surface area contributed by atoms with Crippen molar-refractivity contribution < 1.29 is 14.2 Å². The predicted octanol–water partition coefficient (Wildman–Crippen LogP) is 3.71. The number of nitrogens with zero attached hydrogens (tertiary/aromatic N) is 1. The van der Waals surface area contributed by atoms with Crippen LogP contribution in [-0.2, 0) is 27.4 Å². The molecular weight excluding hydrogens is 432 g/mol. The SMILES string of the molecule is Cc1cn([C@@H]2O[C@@]3(COCc4ccccc4)CCC[C@@H]2[C@@H]3OCc2ccccc2)c(=O)[nH]c1=O. The Morgan fingerprint density at radius 3 is 2.41 bits per heavy atom. The van der Waals surface area contributed by atoms with Gasteiger partial charge in [0.05, 0.1) is 25.9 Å². The molecule has 7 nitrogen and oxygen atoms in total. The van der Waals surface area contributed by atoms with Gasteiger partial charge in [-0.2, -0.15) is 0 Å². The number of benzene rings is 2. The minimum atomic E-state index is -0.666. The number of nitrogens with one attached hydrogen (secondary N) is 1. The fourth-order valence-corrected chi connectivity index (χ4v) is 5.24. The Hall–Kier alpha value is -3.00. The lowest BCUT2D eigenvalue weighted by atomic mass is 9.77. The van der Waals surface area contributed by atoms with E-state index in [9.17, 15) is 9.59 Å². The van der Waals surface area contributed by atoms with Crippen LogP contribution in [0.25, 0.3) is 0 Å². The zero-order valence-electron chi connectivity index (χ0n) is 19.3. The van der Waals surface area contributed by atoms with E-state index in [1.807, 2.05) is 60.7 Å². The summed E-state index contributed by atoms with van der Waals surface area (Å²) >= 11 is 0. The molecule has 3 aromatic rings. The number of ether oxygens (including phenoxy) is 3. The molecule has 1 aliphatic heterocycles. The van der Waals surface area contributed by atoms with Crippen LogP contribution in [0.2, 0.25) is 0 Å². The van der Waals surface area contributed by atoms with Gasteiger partial charge in [0.1, 0.15) is 11.8 Å². The van der Waals surface area contributed by atoms with Crippen LogP contribution in [0, 0.1) is 12.8 Å². The number of hydrogen-bond donors (Lipinski definition) is 1. The number of fused-ring (bicyclic) bond motifs is 2. The summed E-state index contributed by atoms with van der Waals surface area (Å²) < 4.78 is 20.9. The summed E-state index contributed by atoms with van der Waals surface area (Å²) in [5.74, 6) is -0.0270. The van der Waals surface area contributed by atoms with E-state index in [-0.39, 0.29) is 17.6 Å². The van der Waals surface area contributed by atoms with E-state index in [0.29, 0.717) is 25.4 Å². The first-order valence-electron chi connectivity index (χ1n) is 11.8. The molecule has 0 radical (unpaired) electrons. The molecule has 1 saturated heterocycles. The third-order valence-electron chi connectivity index (χ3n) is 6.92. The van der Waals surface area contributed by atoms with E-state index in [4.69, 9.17) is 14.2 Å². The average molecular weight is 463 g/mol. The molecule has 2 aromatic carbocycles. The smallest absolute Gasteiger partial charge is 0.330 e. The summed E-state index contributed by atoms with van der Waals surface area (Å²) in [6.07, 6.45) is 3.45. The monoisotopic (exact) mass is 462 g/mol. The van der Waals surface area contributed by atoms with Crippen molar-refractivity contribution in [2.45, 2.75) is 57.3 Å². The van der Waals surface area contributed by atoms with Gasteiger partial charge in [-0.05, 0) is 37.3 Å². The summed E-state index contributed by atoms with van der Waals surface area (Å²) in [7, 11) is 0. The van der Waals surface area contributed by atoms with Crippen LogP contribution >= 0.6 is 0 Å². The summed E-state index contributed by atoms with van der Waals surface area (Å²) in [5, 5.41) is 0. The second-order valence-electron chi connectivity index (χ2n) is 9.30. The summed E-state index contributed by atoms with van der Waals surface area (Å²) in [5.41, 5.74) is 1.15. The number of aryl methyl sites for hydroxylation is 1. The maximum Gasteiger partial charge on any atom is 0.330 e. The molecule has 2 bridgehead atoms. The molecule has 4 atom stereocenters. The van der Waals surface area contributed by atoms with Gasteiger partial charge >= 0.3 is 5.69 Å². The number of aromatic amines is 1. The molecule has 7 heteroatoms. The van der Waals surface area contributed by atoms with Gasteiger partial charge in [0.15, 0.2) is 0 Å². The first kappa shape index (κ1) is 22.8. The maximum absolute atomic E-state index is 12.7. The summed E-state index contributed by atoms with van der Waals surface area (Å²) in [6.45, 7) is 2.99. The maximum atomic E-state index is 12.7. The second-order valence-corrected chi connectivity index (χ2v) is 9.30. The van der Waals surface area contributed by atoms with E-state index in [0.717, 1.165) is 30.4 Å². The number of aromatic nitrogens is 2. The molecule has 1 N–H and O–H groups in total. The third-order valence-corrected chi connectivity index (χ3v) is 6.92. The van der Waals surface area contributed by atoms with Crippen molar-refractivity contribution in [3.05, 3.63) is 104 Å². The number of H-pyrrole nitrogens is 1. The van der Waals surface area contributed by atoms with Crippen LogP contribution in [-0.4, -0.2) is 27.9 Å². The molecule has 2 heterocycles. The molecule has 2 fully saturated rings. The highest BCUT2D eigenvalue weighted by atomic mass is 16.6. The van der Waals surface area contributed by atoms with Crippen molar-refractivity contribution in [2.24, 2.45) is 5.92 Å². The van der Waals surface area contributed by atoms with Gasteiger partial charge in [0.2, 0.25) is 0 Å². The molecule has 2 aliphatic rings. The molecule has 1 saturated carbocycles. The van der Waals surface area contributed by atoms with Crippen molar-refractivity contribution in [3.8, 4) is 0 Å². The van der Waals surface area contributed by atoms with Gasteiger partial charge in [0, 0.05) is 17.7 Å². The first-order valence-corrected chi connectivity index (χ1v) is 11.8. The van der Waals surface area contributed by atoms with Crippen LogP contribution in [0.4, 0.5) is 0 Å². The highest BCUT2D eigenvalue weighted by Gasteiger charge is 2.58. The van der Waals surface area contributed by atoms with Gasteiger partial charge in [-0.25, -0.2) is 4.79 Å². The highest BCUT2D eigenvalue weighted by molar-refractivity contribution is 5.15. The van der Waals surface area contributed by atoms with Crippen molar-refractivity contribution in [1.29, 1.82) is 0 Å². The van der Waals surface area contributed by atoms with Crippen molar-refractivity contribution in [1.82, 2.24) is 9.55 Å². The molecule has 5 rings (SSSR count). The van der Waals surface area contributed by atoms with Gasteiger partial charge in [-0.15, -0.1) is 0 Å². The summed E-state index contributed by atoms with van der Waals surface area (Å²) in [6, 6.07) is 20.1. The molecule has 0 amide bonds. The van der Waals surface area contributed by atoms with Crippen molar-refractivity contribution in [3.63, 3.8) is 0 Å². The Morgan fingerprint density at radius 2 is 1.71 bits per heavy atom. The van der Waals surface area contributed by atoms with Gasteiger partial charge in [-0.1, -0.05) is 60.7 Å². The molecule has 34 heavy (non-hydrogen) atoms. The van der Waals surface area contributed by atoms with E-state index in [1.54, 1.807) is 13.1 Å². The van der Waals surface area contributed by atoms with Crippen molar-refractivity contribution >= 4 is 0 Å². The topological polar surface area (TPSA) is 82.6 Å². The number of hydrogen-bond acceptors (Lipinski definition) is 5. The third kappa shape index (κ3) is 4.51. The van der Waals surface area contributed by atoms with Gasteiger partial charge in [-0.3, -0.25) is 14.3 Å². The zero-order valence-corrected chi connectivity index (χ0v) is 19.3. The Bertz CT molecular complexity index is 1220. The van der Waals surface area contributed by atoms with E-state index in [1.165, 1.54) is 4.57 Å². The lowest BCUT2D eigenvalue weighted by molar-refractivity contribution is -0.163. The molecule has 178 valence electrons. The molecule has 1 aliphatic carbocycles. The Labute approximate surface area is 198 Å². The molecule has 0 spiro atoms. The largest absolute Gasteiger partial charge is 0.374 e. The fourth-order valence-electron chi connectivity index (χ4n) is 5.24. The highest BCUT2D eigenvalue weighted by Crippen LogP contribution is 2.51. The zero-order chi connectivity index (χ0) is 23.5. The average Bonchev–Trinajstić information content (AvgIpc) is 3.01. The molecule has 0 unspecified atom stereocenters. The predicted molar refractivity (Wildman–Crippen MR) is 127 cm³/mol. The fraction of sp³-hybridized carbons (Fsp3) is 0.407. The van der Waals surface area contributed by atoms with Crippen LogP contribution in [0.5, 0.6) is 0 Å². The van der Waals surface area contributed by atoms with Crippen LogP contribution < -0.4 is 11.2 Å². The minimum Gasteiger partial charge on any atom is -0.374 e. The molecule has 1 aromatic heterocycles. The molecular formula is C27H30N2O5. The Morgan fingerprint density at radius 1 is 1.03 bits per heavy atom. The lowest BCUT2D eigenvalue weighted by Gasteiger charge is -2.38. The van der Waals surface area contributed by atoms with Crippen LogP contribution in [0.15, 0.2) is 76.4 Å². The van der Waals surface area contributed by atoms with Crippen LogP contribution in [0.3, 0.4) is 0 Å². The minimum absolute atomic E-state index is 0.0270. The number of rotatable bonds is 8. The quantitative estimate of drug-likeness (QED) is 0.552. The van der Waals surface area contributed by atoms with Gasteiger partial charge < -0.3 is 14.2 Å². The van der Waals surface area contributed by atoms with Crippen LogP contribution in [0.1, 0.15) is 42.2 Å². The van der Waals surface area contributed by atoms with E-state index < -0.39 is 17.5 Å². The summed E-state index contributed by atoms with van der Waals surface area (Å²) in [4.78, 5) is 27.1. The van der Waals surface area contributed by atoms with E-state index >= 15 is 0 Å². The van der Waals surface area contributed by atoms with Gasteiger partial charge in [0.25, 0.3) is 5.56 Å².